The van der Waals surface area contributed by atoms with Gasteiger partial charge in [0, 0.05) is 29.0 Å². The molecular formula is C16H15BrN2O. The first-order valence-corrected chi connectivity index (χ1v) is 7.51. The summed E-state index contributed by atoms with van der Waals surface area (Å²) in [5.41, 5.74) is 1.91. The molecule has 3 nitrogen and oxygen atoms in total. The van der Waals surface area contributed by atoms with Crippen molar-refractivity contribution in [2.75, 3.05) is 6.54 Å². The van der Waals surface area contributed by atoms with E-state index in [2.05, 4.69) is 33.0 Å². The number of benzene rings is 1. The van der Waals surface area contributed by atoms with Crippen LogP contribution in [0.3, 0.4) is 0 Å². The van der Waals surface area contributed by atoms with Gasteiger partial charge < -0.3 is 4.90 Å². The summed E-state index contributed by atoms with van der Waals surface area (Å²) in [6.45, 7) is 0.821. The molecule has 1 amide bonds. The number of pyridine rings is 1. The summed E-state index contributed by atoms with van der Waals surface area (Å²) < 4.78 is 1.06. The number of carbonyl (C=O) groups is 1. The van der Waals surface area contributed by atoms with Crippen molar-refractivity contribution in [2.24, 2.45) is 0 Å². The minimum absolute atomic E-state index is 0.0952. The van der Waals surface area contributed by atoms with Crippen LogP contribution in [0, 0.1) is 0 Å². The number of carbonyl (C=O) groups excluding carboxylic acids is 1. The number of nitrogens with zero attached hydrogens (tertiary/aromatic N) is 2. The van der Waals surface area contributed by atoms with Crippen LogP contribution in [0.4, 0.5) is 0 Å². The maximum atomic E-state index is 12.6. The Bertz CT molecular complexity index is 598. The molecular weight excluding hydrogens is 316 g/mol. The van der Waals surface area contributed by atoms with E-state index in [-0.39, 0.29) is 11.9 Å². The smallest absolute Gasteiger partial charge is 0.254 e. The highest BCUT2D eigenvalue weighted by atomic mass is 79.9. The van der Waals surface area contributed by atoms with Crippen molar-refractivity contribution in [1.29, 1.82) is 0 Å². The highest BCUT2D eigenvalue weighted by molar-refractivity contribution is 9.10. The summed E-state index contributed by atoms with van der Waals surface area (Å²) >= 11 is 3.45. The summed E-state index contributed by atoms with van der Waals surface area (Å²) in [6.07, 6.45) is 5.41. The monoisotopic (exact) mass is 330 g/mol. The molecule has 0 N–H and O–H groups in total. The SMILES string of the molecule is O=C(c1ccncc1)N1CCCC1c1ccc(Br)cc1. The predicted molar refractivity (Wildman–Crippen MR) is 81.4 cm³/mol. The van der Waals surface area contributed by atoms with E-state index < -0.39 is 0 Å². The van der Waals surface area contributed by atoms with Gasteiger partial charge in [0.15, 0.2) is 0 Å². The van der Waals surface area contributed by atoms with Gasteiger partial charge in [0.1, 0.15) is 0 Å². The summed E-state index contributed by atoms with van der Waals surface area (Å²) in [4.78, 5) is 18.5. The third-order valence-corrected chi connectivity index (χ3v) is 4.22. The maximum absolute atomic E-state index is 12.6. The summed E-state index contributed by atoms with van der Waals surface area (Å²) in [5.74, 6) is 0.0952. The van der Waals surface area contributed by atoms with Crippen LogP contribution in [-0.2, 0) is 0 Å². The van der Waals surface area contributed by atoms with E-state index in [0.29, 0.717) is 5.56 Å². The largest absolute Gasteiger partial charge is 0.332 e. The molecule has 1 aromatic heterocycles. The highest BCUT2D eigenvalue weighted by Crippen LogP contribution is 2.33. The second-order valence-electron chi connectivity index (χ2n) is 4.94. The molecule has 0 radical (unpaired) electrons. The number of hydrogen-bond acceptors (Lipinski definition) is 2. The lowest BCUT2D eigenvalue weighted by molar-refractivity contribution is 0.0735. The van der Waals surface area contributed by atoms with Crippen LogP contribution in [0.2, 0.25) is 0 Å². The molecule has 3 rings (SSSR count). The van der Waals surface area contributed by atoms with Crippen LogP contribution in [0.25, 0.3) is 0 Å². The van der Waals surface area contributed by atoms with E-state index in [1.807, 2.05) is 17.0 Å². The summed E-state index contributed by atoms with van der Waals surface area (Å²) in [6, 6.07) is 12.0. The molecule has 1 atom stereocenters. The molecule has 1 unspecified atom stereocenters. The number of aromatic nitrogens is 1. The van der Waals surface area contributed by atoms with Crippen molar-refractivity contribution in [3.8, 4) is 0 Å². The Labute approximate surface area is 126 Å². The molecule has 1 saturated heterocycles. The van der Waals surface area contributed by atoms with Gasteiger partial charge in [-0.2, -0.15) is 0 Å². The zero-order chi connectivity index (χ0) is 13.9. The minimum atomic E-state index is 0.0952. The second-order valence-corrected chi connectivity index (χ2v) is 5.86. The Morgan fingerprint density at radius 2 is 1.85 bits per heavy atom. The molecule has 1 aromatic carbocycles. The predicted octanol–water partition coefficient (Wildman–Crippen LogP) is 3.82. The molecule has 0 saturated carbocycles. The molecule has 102 valence electrons. The third kappa shape index (κ3) is 2.61. The molecule has 0 aliphatic carbocycles. The number of likely N-dealkylation sites (tertiary alicyclic amines) is 1. The number of halogens is 1. The number of rotatable bonds is 2. The van der Waals surface area contributed by atoms with Crippen LogP contribution < -0.4 is 0 Å². The van der Waals surface area contributed by atoms with Gasteiger partial charge in [0.05, 0.1) is 6.04 Å². The molecule has 0 bridgehead atoms. The fraction of sp³-hybridized carbons (Fsp3) is 0.250. The van der Waals surface area contributed by atoms with Crippen molar-refractivity contribution in [2.45, 2.75) is 18.9 Å². The normalized spacial score (nSPS) is 18.2. The molecule has 1 aliphatic rings. The lowest BCUT2D eigenvalue weighted by Gasteiger charge is -2.25. The summed E-state index contributed by atoms with van der Waals surface area (Å²) in [7, 11) is 0. The van der Waals surface area contributed by atoms with E-state index in [0.717, 1.165) is 23.9 Å². The highest BCUT2D eigenvalue weighted by Gasteiger charge is 2.30. The van der Waals surface area contributed by atoms with Gasteiger partial charge in [0.2, 0.25) is 0 Å². The van der Waals surface area contributed by atoms with Crippen LogP contribution >= 0.6 is 15.9 Å². The molecule has 2 aromatic rings. The van der Waals surface area contributed by atoms with Gasteiger partial charge in [-0.05, 0) is 42.7 Å². The van der Waals surface area contributed by atoms with Crippen molar-refractivity contribution >= 4 is 21.8 Å². The van der Waals surface area contributed by atoms with Gasteiger partial charge in [-0.1, -0.05) is 28.1 Å². The van der Waals surface area contributed by atoms with Gasteiger partial charge in [0.25, 0.3) is 5.91 Å². The van der Waals surface area contributed by atoms with Crippen molar-refractivity contribution < 1.29 is 4.79 Å². The molecule has 1 aliphatic heterocycles. The van der Waals surface area contributed by atoms with Gasteiger partial charge in [-0.3, -0.25) is 9.78 Å². The zero-order valence-corrected chi connectivity index (χ0v) is 12.6. The van der Waals surface area contributed by atoms with Crippen LogP contribution in [-0.4, -0.2) is 22.3 Å². The Kier molecular flexibility index (Phi) is 3.83. The first-order valence-electron chi connectivity index (χ1n) is 6.72. The van der Waals surface area contributed by atoms with E-state index in [4.69, 9.17) is 0 Å². The summed E-state index contributed by atoms with van der Waals surface area (Å²) in [5, 5.41) is 0. The Hall–Kier alpha value is -1.68. The topological polar surface area (TPSA) is 33.2 Å². The first kappa shape index (κ1) is 13.3. The van der Waals surface area contributed by atoms with Crippen molar-refractivity contribution in [3.63, 3.8) is 0 Å². The molecule has 2 heterocycles. The molecule has 20 heavy (non-hydrogen) atoms. The Morgan fingerprint density at radius 1 is 1.15 bits per heavy atom. The van der Waals surface area contributed by atoms with E-state index in [1.165, 1.54) is 5.56 Å². The number of amides is 1. The first-order chi connectivity index (χ1) is 9.75. The average molecular weight is 331 g/mol. The minimum Gasteiger partial charge on any atom is -0.332 e. The van der Waals surface area contributed by atoms with Crippen molar-refractivity contribution in [3.05, 3.63) is 64.4 Å². The fourth-order valence-electron chi connectivity index (χ4n) is 2.70. The average Bonchev–Trinajstić information content (AvgIpc) is 2.97. The fourth-order valence-corrected chi connectivity index (χ4v) is 2.97. The van der Waals surface area contributed by atoms with Crippen LogP contribution in [0.15, 0.2) is 53.3 Å². The lowest BCUT2D eigenvalue weighted by Crippen LogP contribution is -2.30. The third-order valence-electron chi connectivity index (χ3n) is 3.70. The van der Waals surface area contributed by atoms with Crippen LogP contribution in [0.5, 0.6) is 0 Å². The second kappa shape index (κ2) is 5.75. The Morgan fingerprint density at radius 3 is 2.55 bits per heavy atom. The van der Waals surface area contributed by atoms with E-state index >= 15 is 0 Å². The van der Waals surface area contributed by atoms with Crippen molar-refractivity contribution in [1.82, 2.24) is 9.88 Å². The molecule has 4 heteroatoms. The van der Waals surface area contributed by atoms with E-state index in [1.54, 1.807) is 24.5 Å². The number of hydrogen-bond donors (Lipinski definition) is 0. The van der Waals surface area contributed by atoms with Gasteiger partial charge in [-0.25, -0.2) is 0 Å². The Balaban J connectivity index is 1.86. The molecule has 1 fully saturated rings. The quantitative estimate of drug-likeness (QED) is 0.838. The molecule has 0 spiro atoms. The zero-order valence-electron chi connectivity index (χ0n) is 11.0. The standard InChI is InChI=1S/C16H15BrN2O/c17-14-5-3-12(4-6-14)15-2-1-11-19(15)16(20)13-7-9-18-10-8-13/h3-10,15H,1-2,11H2. The lowest BCUT2D eigenvalue weighted by atomic mass is 10.0. The maximum Gasteiger partial charge on any atom is 0.254 e. The van der Waals surface area contributed by atoms with Gasteiger partial charge in [-0.15, -0.1) is 0 Å². The van der Waals surface area contributed by atoms with E-state index in [9.17, 15) is 4.79 Å². The van der Waals surface area contributed by atoms with Crippen LogP contribution in [0.1, 0.15) is 34.8 Å². The van der Waals surface area contributed by atoms with Gasteiger partial charge >= 0.3 is 0 Å².